The van der Waals surface area contributed by atoms with Crippen LogP contribution in [0.4, 0.5) is 0 Å². The van der Waals surface area contributed by atoms with Crippen LogP contribution < -0.4 is 10.6 Å². The van der Waals surface area contributed by atoms with Gasteiger partial charge < -0.3 is 20.4 Å². The standard InChI is InChI=1S/C22H38N4O4S/c27-21(17-1-2-17)23-19-5-9-25(10-6-19)13-15-31(29,30)16-14-26-11-7-20(8-12-26)24-22(28)18-3-4-18/h17-20H,1-16H2,(H,23,27)(H,24,28). The van der Waals surface area contributed by atoms with Gasteiger partial charge in [0.25, 0.3) is 0 Å². The van der Waals surface area contributed by atoms with Gasteiger partial charge >= 0.3 is 0 Å². The van der Waals surface area contributed by atoms with Crippen LogP contribution in [0.5, 0.6) is 0 Å². The molecular weight excluding hydrogens is 416 g/mol. The second-order valence-electron chi connectivity index (χ2n) is 9.95. The highest BCUT2D eigenvalue weighted by Gasteiger charge is 2.33. The van der Waals surface area contributed by atoms with Gasteiger partial charge in [0, 0.05) is 63.2 Å². The van der Waals surface area contributed by atoms with Crippen molar-refractivity contribution >= 4 is 21.7 Å². The summed E-state index contributed by atoms with van der Waals surface area (Å²) in [5, 5.41) is 6.28. The fourth-order valence-electron chi connectivity index (χ4n) is 4.57. The lowest BCUT2D eigenvalue weighted by molar-refractivity contribution is -0.124. The molecule has 0 unspecified atom stereocenters. The molecule has 0 bridgehead atoms. The molecule has 2 aliphatic carbocycles. The van der Waals surface area contributed by atoms with E-state index in [1.54, 1.807) is 0 Å². The molecule has 4 rings (SSSR count). The fourth-order valence-corrected chi connectivity index (χ4v) is 5.85. The first-order valence-electron chi connectivity index (χ1n) is 12.1. The number of carbonyl (C=O) groups is 2. The molecule has 2 heterocycles. The second kappa shape index (κ2) is 10.2. The smallest absolute Gasteiger partial charge is 0.223 e. The van der Waals surface area contributed by atoms with Crippen molar-refractivity contribution in [1.82, 2.24) is 20.4 Å². The molecule has 0 spiro atoms. The molecule has 4 aliphatic rings. The van der Waals surface area contributed by atoms with E-state index in [1.807, 2.05) is 0 Å². The van der Waals surface area contributed by atoms with Crippen LogP contribution in [0.15, 0.2) is 0 Å². The molecule has 176 valence electrons. The SMILES string of the molecule is O=C(NC1CCN(CCS(=O)(=O)CCN2CCC(NC(=O)C3CC3)CC2)CC1)C1CC1. The molecule has 2 amide bonds. The van der Waals surface area contributed by atoms with Gasteiger partial charge in [-0.1, -0.05) is 0 Å². The molecule has 0 aromatic heterocycles. The summed E-state index contributed by atoms with van der Waals surface area (Å²) in [5.74, 6) is 1.32. The summed E-state index contributed by atoms with van der Waals surface area (Å²) in [6.45, 7) is 4.58. The van der Waals surface area contributed by atoms with Crippen molar-refractivity contribution in [1.29, 1.82) is 0 Å². The zero-order valence-electron chi connectivity index (χ0n) is 18.6. The molecule has 8 nitrogen and oxygen atoms in total. The lowest BCUT2D eigenvalue weighted by atomic mass is 10.0. The van der Waals surface area contributed by atoms with Gasteiger partial charge in [-0.25, -0.2) is 8.42 Å². The van der Waals surface area contributed by atoms with Gasteiger partial charge in [-0.2, -0.15) is 0 Å². The van der Waals surface area contributed by atoms with Crippen molar-refractivity contribution in [3.63, 3.8) is 0 Å². The summed E-state index contributed by atoms with van der Waals surface area (Å²) < 4.78 is 25.1. The van der Waals surface area contributed by atoms with Gasteiger partial charge in [0.15, 0.2) is 9.84 Å². The monoisotopic (exact) mass is 454 g/mol. The van der Waals surface area contributed by atoms with Crippen molar-refractivity contribution in [2.75, 3.05) is 50.8 Å². The number of hydrogen-bond acceptors (Lipinski definition) is 6. The van der Waals surface area contributed by atoms with Crippen molar-refractivity contribution in [3.05, 3.63) is 0 Å². The first-order valence-corrected chi connectivity index (χ1v) is 14.0. The van der Waals surface area contributed by atoms with Crippen LogP contribution in [0.1, 0.15) is 51.4 Å². The van der Waals surface area contributed by atoms with E-state index in [4.69, 9.17) is 0 Å². The van der Waals surface area contributed by atoms with Crippen LogP contribution in [0, 0.1) is 11.8 Å². The maximum Gasteiger partial charge on any atom is 0.223 e. The molecule has 2 N–H and O–H groups in total. The Morgan fingerprint density at radius 1 is 0.645 bits per heavy atom. The first-order chi connectivity index (χ1) is 14.9. The molecule has 2 saturated heterocycles. The lowest BCUT2D eigenvalue weighted by Crippen LogP contribution is -2.47. The molecule has 0 radical (unpaired) electrons. The minimum atomic E-state index is -3.07. The van der Waals surface area contributed by atoms with Crippen LogP contribution in [-0.4, -0.2) is 92.9 Å². The van der Waals surface area contributed by atoms with E-state index in [1.165, 1.54) is 0 Å². The normalized spacial score (nSPS) is 24.8. The third kappa shape index (κ3) is 7.43. The van der Waals surface area contributed by atoms with Gasteiger partial charge in [0.1, 0.15) is 0 Å². The number of sulfone groups is 1. The average molecular weight is 455 g/mol. The Hall–Kier alpha value is -1.19. The van der Waals surface area contributed by atoms with Crippen LogP contribution >= 0.6 is 0 Å². The van der Waals surface area contributed by atoms with Crippen LogP contribution in [-0.2, 0) is 19.4 Å². The van der Waals surface area contributed by atoms with E-state index in [-0.39, 0.29) is 47.2 Å². The van der Waals surface area contributed by atoms with E-state index in [0.717, 1.165) is 77.5 Å². The number of amides is 2. The summed E-state index contributed by atoms with van der Waals surface area (Å²) in [4.78, 5) is 28.2. The minimum Gasteiger partial charge on any atom is -0.353 e. The van der Waals surface area contributed by atoms with Gasteiger partial charge in [0.05, 0.1) is 11.5 Å². The third-order valence-electron chi connectivity index (χ3n) is 7.20. The summed E-state index contributed by atoms with van der Waals surface area (Å²) >= 11 is 0. The molecule has 4 fully saturated rings. The number of hydrogen-bond donors (Lipinski definition) is 2. The lowest BCUT2D eigenvalue weighted by Gasteiger charge is -2.33. The Morgan fingerprint density at radius 3 is 1.32 bits per heavy atom. The highest BCUT2D eigenvalue weighted by Crippen LogP contribution is 2.30. The summed E-state index contributed by atoms with van der Waals surface area (Å²) in [7, 11) is -3.07. The van der Waals surface area contributed by atoms with Crippen molar-refractivity contribution in [3.8, 4) is 0 Å². The zero-order chi connectivity index (χ0) is 21.8. The topological polar surface area (TPSA) is 98.8 Å². The molecular formula is C22H38N4O4S. The Morgan fingerprint density at radius 2 is 1.00 bits per heavy atom. The number of rotatable bonds is 10. The largest absolute Gasteiger partial charge is 0.353 e. The summed E-state index contributed by atoms with van der Waals surface area (Å²) in [6.07, 6.45) is 7.73. The predicted octanol–water partition coefficient (Wildman–Crippen LogP) is 0.382. The van der Waals surface area contributed by atoms with E-state index >= 15 is 0 Å². The highest BCUT2D eigenvalue weighted by molar-refractivity contribution is 7.91. The Kier molecular flexibility index (Phi) is 7.54. The number of nitrogens with zero attached hydrogens (tertiary/aromatic N) is 2. The number of piperidine rings is 2. The Bertz CT molecular complexity index is 679. The molecule has 0 atom stereocenters. The predicted molar refractivity (Wildman–Crippen MR) is 119 cm³/mol. The Balaban J connectivity index is 1.07. The third-order valence-corrected chi connectivity index (χ3v) is 8.81. The van der Waals surface area contributed by atoms with Crippen molar-refractivity contribution in [2.45, 2.75) is 63.5 Å². The number of likely N-dealkylation sites (tertiary alicyclic amines) is 2. The molecule has 9 heteroatoms. The van der Waals surface area contributed by atoms with Gasteiger partial charge in [-0.15, -0.1) is 0 Å². The molecule has 2 aliphatic heterocycles. The zero-order valence-corrected chi connectivity index (χ0v) is 19.4. The summed E-state index contributed by atoms with van der Waals surface area (Å²) in [5.41, 5.74) is 0. The highest BCUT2D eigenvalue weighted by atomic mass is 32.2. The van der Waals surface area contributed by atoms with E-state index < -0.39 is 9.84 Å². The fraction of sp³-hybridized carbons (Fsp3) is 0.909. The van der Waals surface area contributed by atoms with Gasteiger partial charge in [-0.3, -0.25) is 9.59 Å². The summed E-state index contributed by atoms with van der Waals surface area (Å²) in [6, 6.07) is 0.496. The van der Waals surface area contributed by atoms with Gasteiger partial charge in [-0.05, 0) is 51.4 Å². The van der Waals surface area contributed by atoms with Gasteiger partial charge in [0.2, 0.25) is 11.8 Å². The average Bonchev–Trinajstić information content (AvgIpc) is 3.65. The van der Waals surface area contributed by atoms with Crippen LogP contribution in [0.3, 0.4) is 0 Å². The van der Waals surface area contributed by atoms with Crippen molar-refractivity contribution < 1.29 is 18.0 Å². The quantitative estimate of drug-likeness (QED) is 0.495. The Labute approximate surface area is 186 Å². The maximum atomic E-state index is 12.5. The first kappa shape index (κ1) is 23.0. The molecule has 2 saturated carbocycles. The molecule has 0 aromatic carbocycles. The van der Waals surface area contributed by atoms with Crippen LogP contribution in [0.25, 0.3) is 0 Å². The van der Waals surface area contributed by atoms with Crippen molar-refractivity contribution in [2.24, 2.45) is 11.8 Å². The number of nitrogens with one attached hydrogen (secondary N) is 2. The van der Waals surface area contributed by atoms with E-state index in [2.05, 4.69) is 20.4 Å². The van der Waals surface area contributed by atoms with E-state index in [0.29, 0.717) is 13.1 Å². The second-order valence-corrected chi connectivity index (χ2v) is 12.3. The minimum absolute atomic E-state index is 0.204. The van der Waals surface area contributed by atoms with Crippen LogP contribution in [0.2, 0.25) is 0 Å². The number of carbonyl (C=O) groups excluding carboxylic acids is 2. The van der Waals surface area contributed by atoms with E-state index in [9.17, 15) is 18.0 Å². The molecule has 0 aromatic rings. The molecule has 31 heavy (non-hydrogen) atoms. The maximum absolute atomic E-state index is 12.5.